The van der Waals surface area contributed by atoms with E-state index in [2.05, 4.69) is 23.9 Å². The van der Waals surface area contributed by atoms with E-state index in [-0.39, 0.29) is 6.04 Å². The van der Waals surface area contributed by atoms with Gasteiger partial charge in [0.2, 0.25) is 0 Å². The minimum Gasteiger partial charge on any atom is -0.390 e. The van der Waals surface area contributed by atoms with Crippen LogP contribution in [0.5, 0.6) is 0 Å². The van der Waals surface area contributed by atoms with Crippen LogP contribution in [0.2, 0.25) is 0 Å². The SMILES string of the molecule is CC(C)n1ncnc1CC(O)C1(C)CCCCO1. The lowest BCUT2D eigenvalue weighted by Crippen LogP contribution is -2.46. The molecular formula is C13H23N3O2. The molecule has 2 unspecified atom stereocenters. The number of hydrogen-bond acceptors (Lipinski definition) is 4. The van der Waals surface area contributed by atoms with Crippen molar-refractivity contribution in [3.05, 3.63) is 12.2 Å². The average molecular weight is 253 g/mol. The predicted octanol–water partition coefficient (Wildman–Crippen LogP) is 1.72. The van der Waals surface area contributed by atoms with Crippen molar-refractivity contribution in [2.45, 2.75) is 64.2 Å². The first-order chi connectivity index (χ1) is 8.53. The Labute approximate surface area is 108 Å². The molecule has 1 aromatic heterocycles. The van der Waals surface area contributed by atoms with E-state index < -0.39 is 11.7 Å². The molecule has 18 heavy (non-hydrogen) atoms. The first-order valence-electron chi connectivity index (χ1n) is 6.73. The maximum Gasteiger partial charge on any atom is 0.138 e. The molecule has 102 valence electrons. The van der Waals surface area contributed by atoms with E-state index in [4.69, 9.17) is 4.74 Å². The third-order valence-corrected chi connectivity index (χ3v) is 3.72. The van der Waals surface area contributed by atoms with Crippen LogP contribution in [-0.2, 0) is 11.2 Å². The number of aliphatic hydroxyl groups excluding tert-OH is 1. The van der Waals surface area contributed by atoms with Crippen LogP contribution >= 0.6 is 0 Å². The van der Waals surface area contributed by atoms with Gasteiger partial charge in [-0.25, -0.2) is 9.67 Å². The van der Waals surface area contributed by atoms with Crippen LogP contribution in [0.15, 0.2) is 6.33 Å². The van der Waals surface area contributed by atoms with Crippen molar-refractivity contribution in [1.82, 2.24) is 14.8 Å². The van der Waals surface area contributed by atoms with Gasteiger partial charge < -0.3 is 9.84 Å². The van der Waals surface area contributed by atoms with Gasteiger partial charge >= 0.3 is 0 Å². The molecule has 0 aliphatic carbocycles. The van der Waals surface area contributed by atoms with E-state index in [9.17, 15) is 5.11 Å². The second kappa shape index (κ2) is 5.36. The minimum absolute atomic E-state index is 0.259. The second-order valence-electron chi connectivity index (χ2n) is 5.55. The van der Waals surface area contributed by atoms with E-state index in [1.54, 1.807) is 6.33 Å². The molecule has 2 heterocycles. The standard InChI is InChI=1S/C13H23N3O2/c1-10(2)16-12(14-9-15-16)8-11(17)13(3)6-4-5-7-18-13/h9-11,17H,4-8H2,1-3H3. The highest BCUT2D eigenvalue weighted by atomic mass is 16.5. The van der Waals surface area contributed by atoms with Crippen LogP contribution < -0.4 is 0 Å². The highest BCUT2D eigenvalue weighted by Gasteiger charge is 2.36. The van der Waals surface area contributed by atoms with Gasteiger partial charge in [0.15, 0.2) is 0 Å². The molecule has 1 N–H and O–H groups in total. The molecule has 1 aliphatic rings. The largest absolute Gasteiger partial charge is 0.390 e. The van der Waals surface area contributed by atoms with Gasteiger partial charge in [-0.3, -0.25) is 0 Å². The number of aromatic nitrogens is 3. The monoisotopic (exact) mass is 253 g/mol. The first kappa shape index (κ1) is 13.5. The van der Waals surface area contributed by atoms with Gasteiger partial charge in [0.1, 0.15) is 12.2 Å². The smallest absolute Gasteiger partial charge is 0.138 e. The second-order valence-corrected chi connectivity index (χ2v) is 5.55. The molecular weight excluding hydrogens is 230 g/mol. The Bertz CT molecular complexity index is 383. The van der Waals surface area contributed by atoms with E-state index in [1.807, 2.05) is 11.6 Å². The molecule has 1 aromatic rings. The lowest BCUT2D eigenvalue weighted by Gasteiger charge is -2.37. The summed E-state index contributed by atoms with van der Waals surface area (Å²) in [5.74, 6) is 0.827. The summed E-state index contributed by atoms with van der Waals surface area (Å²) in [5.41, 5.74) is -0.438. The Morgan fingerprint density at radius 2 is 2.28 bits per heavy atom. The maximum atomic E-state index is 10.4. The van der Waals surface area contributed by atoms with Crippen molar-refractivity contribution >= 4 is 0 Å². The molecule has 2 atom stereocenters. The maximum absolute atomic E-state index is 10.4. The van der Waals surface area contributed by atoms with Crippen molar-refractivity contribution < 1.29 is 9.84 Å². The lowest BCUT2D eigenvalue weighted by atomic mass is 9.88. The van der Waals surface area contributed by atoms with E-state index >= 15 is 0 Å². The van der Waals surface area contributed by atoms with Crippen LogP contribution in [-0.4, -0.2) is 38.2 Å². The fourth-order valence-corrected chi connectivity index (χ4v) is 2.46. The molecule has 5 heteroatoms. The van der Waals surface area contributed by atoms with Crippen molar-refractivity contribution in [3.8, 4) is 0 Å². The van der Waals surface area contributed by atoms with E-state index in [0.29, 0.717) is 6.42 Å². The minimum atomic E-state index is -0.528. The highest BCUT2D eigenvalue weighted by Crippen LogP contribution is 2.29. The molecule has 0 spiro atoms. The van der Waals surface area contributed by atoms with Crippen molar-refractivity contribution in [3.63, 3.8) is 0 Å². The third kappa shape index (κ3) is 2.72. The van der Waals surface area contributed by atoms with Gasteiger partial charge in [-0.1, -0.05) is 0 Å². The van der Waals surface area contributed by atoms with Gasteiger partial charge in [-0.2, -0.15) is 5.10 Å². The van der Waals surface area contributed by atoms with E-state index in [0.717, 1.165) is 31.7 Å². The van der Waals surface area contributed by atoms with Crippen LogP contribution in [0.25, 0.3) is 0 Å². The van der Waals surface area contributed by atoms with Crippen LogP contribution in [0.4, 0.5) is 0 Å². The quantitative estimate of drug-likeness (QED) is 0.887. The van der Waals surface area contributed by atoms with Gasteiger partial charge in [0.25, 0.3) is 0 Å². The van der Waals surface area contributed by atoms with Crippen molar-refractivity contribution in [2.24, 2.45) is 0 Å². The molecule has 1 saturated heterocycles. The summed E-state index contributed by atoms with van der Waals surface area (Å²) in [4.78, 5) is 4.24. The van der Waals surface area contributed by atoms with Gasteiger partial charge in [-0.05, 0) is 40.0 Å². The fourth-order valence-electron chi connectivity index (χ4n) is 2.46. The molecule has 0 bridgehead atoms. The molecule has 0 amide bonds. The fraction of sp³-hybridized carbons (Fsp3) is 0.846. The molecule has 0 radical (unpaired) electrons. The normalized spacial score (nSPS) is 26.5. The molecule has 5 nitrogen and oxygen atoms in total. The van der Waals surface area contributed by atoms with Crippen molar-refractivity contribution in [1.29, 1.82) is 0 Å². The van der Waals surface area contributed by atoms with Crippen LogP contribution in [0, 0.1) is 0 Å². The molecule has 1 aliphatic heterocycles. The Kier molecular flexibility index (Phi) is 4.02. The summed E-state index contributed by atoms with van der Waals surface area (Å²) < 4.78 is 7.63. The summed E-state index contributed by atoms with van der Waals surface area (Å²) >= 11 is 0. The lowest BCUT2D eigenvalue weighted by molar-refractivity contribution is -0.136. The number of hydrogen-bond donors (Lipinski definition) is 1. The van der Waals surface area contributed by atoms with Crippen molar-refractivity contribution in [2.75, 3.05) is 6.61 Å². The van der Waals surface area contributed by atoms with Gasteiger partial charge in [-0.15, -0.1) is 0 Å². The topological polar surface area (TPSA) is 60.2 Å². The molecule has 2 rings (SSSR count). The zero-order valence-corrected chi connectivity index (χ0v) is 11.5. The van der Waals surface area contributed by atoms with E-state index in [1.165, 1.54) is 0 Å². The van der Waals surface area contributed by atoms with Gasteiger partial charge in [0, 0.05) is 19.1 Å². The summed E-state index contributed by atoms with van der Waals surface area (Å²) in [5, 5.41) is 14.6. The first-order valence-corrected chi connectivity index (χ1v) is 6.73. The Morgan fingerprint density at radius 3 is 2.89 bits per heavy atom. The van der Waals surface area contributed by atoms with Crippen LogP contribution in [0.3, 0.4) is 0 Å². The Morgan fingerprint density at radius 1 is 1.50 bits per heavy atom. The Hall–Kier alpha value is -0.940. The van der Waals surface area contributed by atoms with Crippen LogP contribution in [0.1, 0.15) is 51.9 Å². The molecule has 0 aromatic carbocycles. The third-order valence-electron chi connectivity index (χ3n) is 3.72. The number of rotatable bonds is 4. The molecule has 0 saturated carbocycles. The zero-order chi connectivity index (χ0) is 13.2. The summed E-state index contributed by atoms with van der Waals surface area (Å²) in [6.45, 7) is 6.85. The Balaban J connectivity index is 2.06. The number of aliphatic hydroxyl groups is 1. The number of ether oxygens (including phenoxy) is 1. The highest BCUT2D eigenvalue weighted by molar-refractivity contribution is 4.96. The predicted molar refractivity (Wildman–Crippen MR) is 68.3 cm³/mol. The zero-order valence-electron chi connectivity index (χ0n) is 11.5. The summed E-state index contributed by atoms with van der Waals surface area (Å²) in [6, 6.07) is 0.259. The molecule has 1 fully saturated rings. The summed E-state index contributed by atoms with van der Waals surface area (Å²) in [6.07, 6.45) is 4.62. The summed E-state index contributed by atoms with van der Waals surface area (Å²) in [7, 11) is 0. The average Bonchev–Trinajstić information content (AvgIpc) is 2.78. The van der Waals surface area contributed by atoms with Gasteiger partial charge in [0.05, 0.1) is 11.7 Å². The number of nitrogens with zero attached hydrogens (tertiary/aromatic N) is 3.